The van der Waals surface area contributed by atoms with E-state index in [-0.39, 0.29) is 6.61 Å². The third-order valence-corrected chi connectivity index (χ3v) is 1.37. The van der Waals surface area contributed by atoms with Gasteiger partial charge in [-0.15, -0.1) is 0 Å². The minimum absolute atomic E-state index is 0.246. The highest BCUT2D eigenvalue weighted by atomic mass is 16.2. The van der Waals surface area contributed by atoms with Crippen LogP contribution in [0.4, 0.5) is 0 Å². The van der Waals surface area contributed by atoms with Crippen molar-refractivity contribution in [1.29, 1.82) is 0 Å². The highest BCUT2D eigenvalue weighted by Crippen LogP contribution is 1.97. The molecule has 0 saturated carbocycles. The van der Waals surface area contributed by atoms with E-state index in [9.17, 15) is 0 Å². The van der Waals surface area contributed by atoms with Crippen LogP contribution in [0.15, 0.2) is 23.8 Å². The van der Waals surface area contributed by atoms with Crippen LogP contribution in [-0.2, 0) is 0 Å². The Bertz CT molecular complexity index is 123. The summed E-state index contributed by atoms with van der Waals surface area (Å²) in [5.41, 5.74) is 1.37. The molecule has 1 N–H and O–H groups in total. The largest absolute Gasteiger partial charge is 0.396 e. The molecule has 0 aliphatic rings. The second-order valence-corrected chi connectivity index (χ2v) is 2.31. The maximum atomic E-state index is 8.42. The van der Waals surface area contributed by atoms with Gasteiger partial charge in [0.05, 0.1) is 0 Å². The molecule has 58 valence electrons. The van der Waals surface area contributed by atoms with E-state index in [1.165, 1.54) is 5.57 Å². The Morgan fingerprint density at radius 2 is 2.20 bits per heavy atom. The van der Waals surface area contributed by atoms with Crippen molar-refractivity contribution in [1.82, 2.24) is 0 Å². The Kier molecular flexibility index (Phi) is 6.19. The van der Waals surface area contributed by atoms with Crippen LogP contribution < -0.4 is 0 Å². The van der Waals surface area contributed by atoms with Crippen LogP contribution >= 0.6 is 0 Å². The molecule has 0 fully saturated rings. The van der Waals surface area contributed by atoms with Crippen molar-refractivity contribution in [2.24, 2.45) is 0 Å². The van der Waals surface area contributed by atoms with E-state index < -0.39 is 0 Å². The van der Waals surface area contributed by atoms with Crippen LogP contribution in [0.5, 0.6) is 0 Å². The average Bonchev–Trinajstić information content (AvgIpc) is 1.98. The standard InChI is InChI=1S/C9H16O/c1-3-9(2)7-5-4-6-8-10/h4-5,7,10H,3,6,8H2,1-2H3. The van der Waals surface area contributed by atoms with Gasteiger partial charge >= 0.3 is 0 Å². The van der Waals surface area contributed by atoms with E-state index in [2.05, 4.69) is 19.9 Å². The van der Waals surface area contributed by atoms with Crippen molar-refractivity contribution in [3.05, 3.63) is 23.8 Å². The molecule has 0 aliphatic carbocycles. The van der Waals surface area contributed by atoms with Crippen molar-refractivity contribution in [3.63, 3.8) is 0 Å². The van der Waals surface area contributed by atoms with Crippen LogP contribution in [0, 0.1) is 0 Å². The first-order valence-corrected chi connectivity index (χ1v) is 3.74. The monoisotopic (exact) mass is 140 g/mol. The van der Waals surface area contributed by atoms with E-state index in [0.29, 0.717) is 0 Å². The number of allylic oxidation sites excluding steroid dienone is 3. The zero-order valence-electron chi connectivity index (χ0n) is 6.80. The zero-order chi connectivity index (χ0) is 7.82. The summed E-state index contributed by atoms with van der Waals surface area (Å²) in [7, 11) is 0. The van der Waals surface area contributed by atoms with E-state index in [1.807, 2.05) is 12.2 Å². The second kappa shape index (κ2) is 6.56. The fourth-order valence-electron chi connectivity index (χ4n) is 0.521. The summed E-state index contributed by atoms with van der Waals surface area (Å²) >= 11 is 0. The molecule has 0 rings (SSSR count). The topological polar surface area (TPSA) is 20.2 Å². The molecule has 0 aromatic carbocycles. The highest BCUT2D eigenvalue weighted by molar-refractivity contribution is 5.09. The second-order valence-electron chi connectivity index (χ2n) is 2.31. The van der Waals surface area contributed by atoms with Gasteiger partial charge in [-0.1, -0.05) is 30.7 Å². The summed E-state index contributed by atoms with van der Waals surface area (Å²) in [5, 5.41) is 8.42. The Labute approximate surface area is 63.1 Å². The van der Waals surface area contributed by atoms with Crippen LogP contribution in [0.1, 0.15) is 26.7 Å². The molecule has 1 heteroatoms. The molecule has 0 amide bonds. The zero-order valence-corrected chi connectivity index (χ0v) is 6.80. The predicted octanol–water partition coefficient (Wildman–Crippen LogP) is 2.28. The normalized spacial score (nSPS) is 12.9. The molecule has 0 saturated heterocycles. The van der Waals surface area contributed by atoms with Gasteiger partial charge in [0, 0.05) is 6.61 Å². The van der Waals surface area contributed by atoms with Crippen molar-refractivity contribution in [3.8, 4) is 0 Å². The molecule has 0 atom stereocenters. The summed E-state index contributed by atoms with van der Waals surface area (Å²) in [5.74, 6) is 0. The molecule has 1 nitrogen and oxygen atoms in total. The van der Waals surface area contributed by atoms with Crippen molar-refractivity contribution in [2.45, 2.75) is 26.7 Å². The molecule has 10 heavy (non-hydrogen) atoms. The Hall–Kier alpha value is -0.560. The van der Waals surface area contributed by atoms with Gasteiger partial charge in [0.25, 0.3) is 0 Å². The average molecular weight is 140 g/mol. The molecule has 0 unspecified atom stereocenters. The van der Waals surface area contributed by atoms with E-state index in [1.54, 1.807) is 0 Å². The van der Waals surface area contributed by atoms with E-state index in [0.717, 1.165) is 12.8 Å². The smallest absolute Gasteiger partial charge is 0.0465 e. The quantitative estimate of drug-likeness (QED) is 0.594. The summed E-state index contributed by atoms with van der Waals surface area (Å²) in [4.78, 5) is 0. The van der Waals surface area contributed by atoms with Crippen LogP contribution in [0.2, 0.25) is 0 Å². The van der Waals surface area contributed by atoms with Gasteiger partial charge in [-0.2, -0.15) is 0 Å². The van der Waals surface area contributed by atoms with Gasteiger partial charge in [0.15, 0.2) is 0 Å². The fraction of sp³-hybridized carbons (Fsp3) is 0.556. The molecular weight excluding hydrogens is 124 g/mol. The number of aliphatic hydroxyl groups is 1. The number of aliphatic hydroxyl groups excluding tert-OH is 1. The Morgan fingerprint density at radius 3 is 2.70 bits per heavy atom. The van der Waals surface area contributed by atoms with E-state index >= 15 is 0 Å². The van der Waals surface area contributed by atoms with E-state index in [4.69, 9.17) is 5.11 Å². The lowest BCUT2D eigenvalue weighted by Gasteiger charge is -1.88. The first-order chi connectivity index (χ1) is 4.81. The molecule has 0 radical (unpaired) electrons. The lowest BCUT2D eigenvalue weighted by molar-refractivity contribution is 0.302. The van der Waals surface area contributed by atoms with Crippen LogP contribution in [0.3, 0.4) is 0 Å². The van der Waals surface area contributed by atoms with Gasteiger partial charge in [-0.05, 0) is 19.8 Å². The number of hydrogen-bond donors (Lipinski definition) is 1. The third-order valence-electron chi connectivity index (χ3n) is 1.37. The van der Waals surface area contributed by atoms with Gasteiger partial charge in [-0.25, -0.2) is 0 Å². The van der Waals surface area contributed by atoms with Gasteiger partial charge in [0.1, 0.15) is 0 Å². The summed E-state index contributed by atoms with van der Waals surface area (Å²) in [6, 6.07) is 0. The van der Waals surface area contributed by atoms with Crippen LogP contribution in [0.25, 0.3) is 0 Å². The molecule has 0 aliphatic heterocycles. The molecule has 0 spiro atoms. The van der Waals surface area contributed by atoms with Crippen molar-refractivity contribution in [2.75, 3.05) is 6.61 Å². The minimum Gasteiger partial charge on any atom is -0.396 e. The molecule has 0 aromatic rings. The molecule has 0 heterocycles. The first-order valence-electron chi connectivity index (χ1n) is 3.74. The minimum atomic E-state index is 0.246. The lowest BCUT2D eigenvalue weighted by Crippen LogP contribution is -1.74. The fourth-order valence-corrected chi connectivity index (χ4v) is 0.521. The maximum Gasteiger partial charge on any atom is 0.0465 e. The maximum absolute atomic E-state index is 8.42. The summed E-state index contributed by atoms with van der Waals surface area (Å²) in [6.07, 6.45) is 7.90. The summed E-state index contributed by atoms with van der Waals surface area (Å²) in [6.45, 7) is 4.48. The number of hydrogen-bond acceptors (Lipinski definition) is 1. The van der Waals surface area contributed by atoms with Crippen molar-refractivity contribution >= 4 is 0 Å². The van der Waals surface area contributed by atoms with Crippen LogP contribution in [-0.4, -0.2) is 11.7 Å². The third kappa shape index (κ3) is 5.57. The van der Waals surface area contributed by atoms with Gasteiger partial charge in [0.2, 0.25) is 0 Å². The Morgan fingerprint density at radius 1 is 1.50 bits per heavy atom. The SMILES string of the molecule is CCC(C)=CC=CCCO. The highest BCUT2D eigenvalue weighted by Gasteiger charge is 1.77. The van der Waals surface area contributed by atoms with Crippen molar-refractivity contribution < 1.29 is 5.11 Å². The van der Waals surface area contributed by atoms with Gasteiger partial charge in [-0.3, -0.25) is 0 Å². The first kappa shape index (κ1) is 9.44. The van der Waals surface area contributed by atoms with Gasteiger partial charge < -0.3 is 5.11 Å². The molecular formula is C9H16O. The molecule has 0 aromatic heterocycles. The lowest BCUT2D eigenvalue weighted by atomic mass is 10.2. The predicted molar refractivity (Wildman–Crippen MR) is 44.9 cm³/mol. The Balaban J connectivity index is 3.49. The molecule has 0 bridgehead atoms. The number of rotatable bonds is 4. The summed E-state index contributed by atoms with van der Waals surface area (Å²) < 4.78 is 0.